The number of rotatable bonds is 6. The zero-order valence-corrected chi connectivity index (χ0v) is 18.7. The summed E-state index contributed by atoms with van der Waals surface area (Å²) in [5, 5.41) is 2.86. The van der Waals surface area contributed by atoms with Crippen LogP contribution in [0.5, 0.6) is 5.75 Å². The van der Waals surface area contributed by atoms with Crippen molar-refractivity contribution in [3.05, 3.63) is 54.1 Å². The molecule has 3 fully saturated rings. The van der Waals surface area contributed by atoms with E-state index < -0.39 is 38.5 Å². The third-order valence-electron chi connectivity index (χ3n) is 6.04. The highest BCUT2D eigenvalue weighted by molar-refractivity contribution is 7.89. The molecular formula is C23H26F2N2O4S. The average Bonchev–Trinajstić information content (AvgIpc) is 2.76. The second-order valence-corrected chi connectivity index (χ2v) is 10.5. The zero-order chi connectivity index (χ0) is 23.0. The smallest absolute Gasteiger partial charge is 0.246 e. The van der Waals surface area contributed by atoms with Gasteiger partial charge in [0, 0.05) is 18.3 Å². The normalized spacial score (nSPS) is 23.3. The molecule has 32 heavy (non-hydrogen) atoms. The molecule has 2 bridgehead atoms. The van der Waals surface area contributed by atoms with Crippen LogP contribution in [0, 0.1) is 23.5 Å². The first-order valence-electron chi connectivity index (χ1n) is 10.7. The maximum absolute atomic E-state index is 14.3. The third kappa shape index (κ3) is 4.49. The number of sulfonamides is 1. The standard InChI is InChI=1S/C23H26F2N2O4S/c1-14(2)31-18-7-5-17(6-8-18)26-23(28)19-11-15-3-10-21(19)27(13-15)32(29,30)22-12-16(24)4-9-20(22)25/h4-9,12,14-15,19,21H,3,10-11,13H2,1-2H3,(H,26,28). The largest absolute Gasteiger partial charge is 0.491 e. The van der Waals surface area contributed by atoms with Crippen molar-refractivity contribution in [1.29, 1.82) is 0 Å². The lowest BCUT2D eigenvalue weighted by molar-refractivity contribution is -0.125. The van der Waals surface area contributed by atoms with Gasteiger partial charge in [0.25, 0.3) is 0 Å². The molecule has 0 aromatic heterocycles. The molecule has 3 aliphatic rings. The number of fused-ring (bicyclic) bond motifs is 3. The van der Waals surface area contributed by atoms with E-state index in [-0.39, 0.29) is 24.5 Å². The highest BCUT2D eigenvalue weighted by Crippen LogP contribution is 2.42. The van der Waals surface area contributed by atoms with Crippen LogP contribution in [0.4, 0.5) is 14.5 Å². The fourth-order valence-corrected chi connectivity index (χ4v) is 6.47. The van der Waals surface area contributed by atoms with Gasteiger partial charge in [-0.1, -0.05) is 0 Å². The summed E-state index contributed by atoms with van der Waals surface area (Å²) in [6.45, 7) is 4.04. The Kier molecular flexibility index (Phi) is 6.22. The van der Waals surface area contributed by atoms with Crippen LogP contribution in [0.3, 0.4) is 0 Å². The first-order valence-corrected chi connectivity index (χ1v) is 12.1. The fraction of sp³-hybridized carbons (Fsp3) is 0.435. The van der Waals surface area contributed by atoms with Crippen LogP contribution in [-0.2, 0) is 14.8 Å². The van der Waals surface area contributed by atoms with Gasteiger partial charge in [0.05, 0.1) is 12.0 Å². The summed E-state index contributed by atoms with van der Waals surface area (Å²) >= 11 is 0. The number of ether oxygens (including phenoxy) is 1. The molecule has 2 aliphatic heterocycles. The molecule has 1 saturated carbocycles. The number of nitrogens with one attached hydrogen (secondary N) is 1. The number of hydrogen-bond donors (Lipinski definition) is 1. The number of carbonyl (C=O) groups excluding carboxylic acids is 1. The highest BCUT2D eigenvalue weighted by atomic mass is 32.2. The Labute approximate surface area is 186 Å². The molecule has 0 radical (unpaired) electrons. The van der Waals surface area contributed by atoms with Crippen LogP contribution in [0.25, 0.3) is 0 Å². The molecular weight excluding hydrogens is 438 g/mol. The number of nitrogens with zero attached hydrogens (tertiary/aromatic N) is 1. The van der Waals surface area contributed by atoms with Gasteiger partial charge in [0.15, 0.2) is 0 Å². The Morgan fingerprint density at radius 2 is 1.84 bits per heavy atom. The molecule has 6 nitrogen and oxygen atoms in total. The molecule has 2 saturated heterocycles. The summed E-state index contributed by atoms with van der Waals surface area (Å²) in [5.74, 6) is -2.01. The lowest BCUT2D eigenvalue weighted by Gasteiger charge is -2.48. The van der Waals surface area contributed by atoms with Crippen molar-refractivity contribution in [3.63, 3.8) is 0 Å². The Morgan fingerprint density at radius 3 is 2.50 bits per heavy atom. The molecule has 172 valence electrons. The lowest BCUT2D eigenvalue weighted by Crippen LogP contribution is -2.57. The van der Waals surface area contributed by atoms with E-state index in [1.807, 2.05) is 13.8 Å². The summed E-state index contributed by atoms with van der Waals surface area (Å²) in [5.41, 5.74) is 0.582. The number of amides is 1. The summed E-state index contributed by atoms with van der Waals surface area (Å²) in [7, 11) is -4.28. The average molecular weight is 465 g/mol. The molecule has 2 aromatic rings. The van der Waals surface area contributed by atoms with E-state index in [0.29, 0.717) is 30.3 Å². The van der Waals surface area contributed by atoms with E-state index in [0.717, 1.165) is 18.6 Å². The number of piperidine rings is 2. The third-order valence-corrected chi connectivity index (χ3v) is 7.95. The van der Waals surface area contributed by atoms with Crippen LogP contribution < -0.4 is 10.1 Å². The van der Waals surface area contributed by atoms with E-state index in [4.69, 9.17) is 4.74 Å². The fourth-order valence-electron chi connectivity index (χ4n) is 4.63. The van der Waals surface area contributed by atoms with E-state index in [1.54, 1.807) is 24.3 Å². The van der Waals surface area contributed by atoms with Crippen molar-refractivity contribution in [1.82, 2.24) is 4.31 Å². The van der Waals surface area contributed by atoms with Crippen molar-refractivity contribution in [2.75, 3.05) is 11.9 Å². The van der Waals surface area contributed by atoms with Crippen molar-refractivity contribution in [2.45, 2.75) is 50.2 Å². The number of hydrogen-bond acceptors (Lipinski definition) is 4. The van der Waals surface area contributed by atoms with Crippen LogP contribution in [0.15, 0.2) is 47.4 Å². The molecule has 3 atom stereocenters. The minimum atomic E-state index is -4.28. The van der Waals surface area contributed by atoms with Gasteiger partial charge >= 0.3 is 0 Å². The van der Waals surface area contributed by atoms with E-state index in [2.05, 4.69) is 5.32 Å². The number of benzene rings is 2. The van der Waals surface area contributed by atoms with Gasteiger partial charge < -0.3 is 10.1 Å². The Bertz CT molecular complexity index is 1110. The maximum atomic E-state index is 14.3. The van der Waals surface area contributed by atoms with Crippen molar-refractivity contribution in [3.8, 4) is 5.75 Å². The number of halogens is 2. The lowest BCUT2D eigenvalue weighted by atomic mass is 9.73. The summed E-state index contributed by atoms with van der Waals surface area (Å²) < 4.78 is 61.0. The van der Waals surface area contributed by atoms with Gasteiger partial charge in [-0.3, -0.25) is 4.79 Å². The van der Waals surface area contributed by atoms with Crippen LogP contribution in [0.2, 0.25) is 0 Å². The quantitative estimate of drug-likeness (QED) is 0.696. The topological polar surface area (TPSA) is 75.7 Å². The van der Waals surface area contributed by atoms with Crippen molar-refractivity contribution in [2.24, 2.45) is 11.8 Å². The molecule has 1 amide bonds. The Balaban J connectivity index is 1.53. The van der Waals surface area contributed by atoms with E-state index in [1.165, 1.54) is 4.31 Å². The van der Waals surface area contributed by atoms with Gasteiger partial charge in [-0.25, -0.2) is 17.2 Å². The summed E-state index contributed by atoms with van der Waals surface area (Å²) in [4.78, 5) is 12.4. The van der Waals surface area contributed by atoms with E-state index in [9.17, 15) is 22.0 Å². The van der Waals surface area contributed by atoms with Crippen molar-refractivity contribution < 1.29 is 26.7 Å². The van der Waals surface area contributed by atoms with Crippen LogP contribution >= 0.6 is 0 Å². The van der Waals surface area contributed by atoms with Gasteiger partial charge in [-0.2, -0.15) is 4.31 Å². The van der Waals surface area contributed by atoms with Gasteiger partial charge in [-0.05, 0) is 81.5 Å². The molecule has 3 unspecified atom stereocenters. The molecule has 9 heteroatoms. The number of carbonyl (C=O) groups is 1. The van der Waals surface area contributed by atoms with Crippen LogP contribution in [-0.4, -0.2) is 37.3 Å². The van der Waals surface area contributed by atoms with Gasteiger partial charge in [0.1, 0.15) is 22.3 Å². The van der Waals surface area contributed by atoms with E-state index >= 15 is 0 Å². The molecule has 2 heterocycles. The van der Waals surface area contributed by atoms with Gasteiger partial charge in [-0.15, -0.1) is 0 Å². The molecule has 1 N–H and O–H groups in total. The Hall–Kier alpha value is -2.52. The molecule has 0 spiro atoms. The summed E-state index contributed by atoms with van der Waals surface area (Å²) in [6.07, 6.45) is 1.89. The van der Waals surface area contributed by atoms with Crippen molar-refractivity contribution >= 4 is 21.6 Å². The predicted molar refractivity (Wildman–Crippen MR) is 116 cm³/mol. The second kappa shape index (κ2) is 8.78. The SMILES string of the molecule is CC(C)Oc1ccc(NC(=O)C2CC3CCC2N(S(=O)(=O)c2cc(F)ccc2F)C3)cc1. The molecule has 2 aromatic carbocycles. The van der Waals surface area contributed by atoms with Crippen LogP contribution in [0.1, 0.15) is 33.1 Å². The summed E-state index contributed by atoms with van der Waals surface area (Å²) in [6, 6.07) is 8.75. The number of anilines is 1. The monoisotopic (exact) mass is 464 g/mol. The maximum Gasteiger partial charge on any atom is 0.246 e. The first kappa shape index (κ1) is 22.7. The second-order valence-electron chi connectivity index (χ2n) is 8.68. The van der Waals surface area contributed by atoms with Gasteiger partial charge in [0.2, 0.25) is 15.9 Å². The first-order chi connectivity index (χ1) is 15.1. The minimum absolute atomic E-state index is 0.0102. The predicted octanol–water partition coefficient (Wildman–Crippen LogP) is 4.18. The molecule has 5 rings (SSSR count). The minimum Gasteiger partial charge on any atom is -0.491 e. The highest BCUT2D eigenvalue weighted by Gasteiger charge is 2.49. The Morgan fingerprint density at radius 1 is 1.12 bits per heavy atom. The molecule has 1 aliphatic carbocycles. The zero-order valence-electron chi connectivity index (χ0n) is 17.9.